The van der Waals surface area contributed by atoms with Gasteiger partial charge in [0.2, 0.25) is 5.78 Å². The number of aliphatic hydroxyl groups is 3. The first-order chi connectivity index (χ1) is 16.3. The minimum atomic E-state index is -2.67. The first kappa shape index (κ1) is 25.1. The predicted molar refractivity (Wildman–Crippen MR) is 131 cm³/mol. The molecule has 1 saturated carbocycles. The summed E-state index contributed by atoms with van der Waals surface area (Å²) in [6.07, 6.45) is 0.0134. The molecule has 0 bridgehead atoms. The molecule has 1 amide bonds. The van der Waals surface area contributed by atoms with Crippen LogP contribution in [0.2, 0.25) is 0 Å². The fourth-order valence-corrected chi connectivity index (χ4v) is 6.47. The lowest BCUT2D eigenvalue weighted by molar-refractivity contribution is -0.154. The average molecular weight is 504 g/mol. The van der Waals surface area contributed by atoms with Gasteiger partial charge in [0, 0.05) is 37.2 Å². The normalized spacial score (nSPS) is 30.3. The molecule has 6 N–H and O–H groups in total. The number of fused-ring (bicyclic) bond motifs is 3. The lowest BCUT2D eigenvalue weighted by Crippen LogP contribution is -2.66. The number of aromatic hydroxyl groups is 1. The number of amides is 1. The van der Waals surface area contributed by atoms with Gasteiger partial charge in [0.15, 0.2) is 11.4 Å². The largest absolute Gasteiger partial charge is 0.508 e. The van der Waals surface area contributed by atoms with Crippen LogP contribution in [-0.2, 0) is 14.4 Å². The summed E-state index contributed by atoms with van der Waals surface area (Å²) in [5.74, 6) is -7.05. The molecule has 188 valence electrons. The first-order valence-electron chi connectivity index (χ1n) is 11.1. The van der Waals surface area contributed by atoms with Crippen LogP contribution in [0.15, 0.2) is 29.0 Å². The van der Waals surface area contributed by atoms with Crippen LogP contribution in [0.4, 0.5) is 5.69 Å². The number of hydrogen-bond donors (Lipinski definition) is 6. The minimum absolute atomic E-state index is 0.0134. The molecule has 1 aromatic carbocycles. The molecular formula is C24H29N3O7S. The van der Waals surface area contributed by atoms with Crippen molar-refractivity contribution in [1.29, 1.82) is 0 Å². The van der Waals surface area contributed by atoms with E-state index in [0.717, 1.165) is 0 Å². The van der Waals surface area contributed by atoms with Gasteiger partial charge in [0.25, 0.3) is 5.91 Å². The molecule has 0 saturated heterocycles. The van der Waals surface area contributed by atoms with E-state index in [9.17, 15) is 34.8 Å². The molecule has 5 atom stereocenters. The quantitative estimate of drug-likeness (QED) is 0.253. The fourth-order valence-electron chi connectivity index (χ4n) is 6.03. The van der Waals surface area contributed by atoms with E-state index in [0.29, 0.717) is 11.3 Å². The lowest BCUT2D eigenvalue weighted by atomic mass is 9.55. The average Bonchev–Trinajstić information content (AvgIpc) is 2.75. The highest BCUT2D eigenvalue weighted by atomic mass is 32.1. The van der Waals surface area contributed by atoms with E-state index in [1.165, 1.54) is 11.0 Å². The first-order valence-corrected chi connectivity index (χ1v) is 11.7. The Kier molecular flexibility index (Phi) is 5.94. The molecule has 4 rings (SSSR count). The van der Waals surface area contributed by atoms with Crippen molar-refractivity contribution in [3.05, 3.63) is 40.2 Å². The molecule has 0 aliphatic heterocycles. The van der Waals surface area contributed by atoms with Crippen molar-refractivity contribution >= 4 is 41.5 Å². The summed E-state index contributed by atoms with van der Waals surface area (Å²) in [5, 5.41) is 44.5. The highest BCUT2D eigenvalue weighted by Crippen LogP contribution is 2.57. The number of aliphatic hydroxyl groups excluding tert-OH is 2. The SMILES string of the molecule is CN(C)c1ccc(O)c2c1[C@H](CS)[C@H]1C[C@H]3[C@H](N(C)C)C(=O)C(C(N)=O)=C(O)[C@@]3(O)C(=O)C1=C2O. The Morgan fingerprint density at radius 2 is 1.80 bits per heavy atom. The number of likely N-dealkylation sites (N-methyl/N-ethyl adjacent to an activating group) is 1. The van der Waals surface area contributed by atoms with Crippen molar-refractivity contribution in [3.63, 3.8) is 0 Å². The van der Waals surface area contributed by atoms with Gasteiger partial charge in [-0.25, -0.2) is 0 Å². The van der Waals surface area contributed by atoms with Gasteiger partial charge >= 0.3 is 0 Å². The Labute approximate surface area is 207 Å². The van der Waals surface area contributed by atoms with E-state index in [1.807, 2.05) is 4.90 Å². The van der Waals surface area contributed by atoms with Gasteiger partial charge < -0.3 is 31.1 Å². The number of nitrogens with zero attached hydrogens (tertiary/aromatic N) is 2. The molecule has 3 aliphatic carbocycles. The number of nitrogens with two attached hydrogens (primary N) is 1. The maximum absolute atomic E-state index is 13.9. The Hall–Kier alpha value is -3.02. The summed E-state index contributed by atoms with van der Waals surface area (Å²) in [4.78, 5) is 42.4. The molecule has 35 heavy (non-hydrogen) atoms. The van der Waals surface area contributed by atoms with E-state index in [4.69, 9.17) is 5.73 Å². The highest BCUT2D eigenvalue weighted by Gasteiger charge is 2.65. The standard InChI is InChI=1S/C24H29N3O7S/c1-26(2)12-5-6-13(28)16-14(12)10(8-35)9-7-11-18(27(3)4)20(30)17(23(25)33)22(32)24(11,34)21(31)15(9)19(16)29/h5-6,9-11,18,28-29,32,34-35H,7-8H2,1-4H3,(H2,25,33)/t9-,10-,11+,18+,24+/m1/s1. The number of thiol groups is 1. The highest BCUT2D eigenvalue weighted by molar-refractivity contribution is 7.80. The van der Waals surface area contributed by atoms with Crippen LogP contribution in [0.3, 0.4) is 0 Å². The summed E-state index contributed by atoms with van der Waals surface area (Å²) in [6, 6.07) is 1.96. The second kappa shape index (κ2) is 8.28. The molecule has 0 radical (unpaired) electrons. The van der Waals surface area contributed by atoms with E-state index in [-0.39, 0.29) is 29.1 Å². The van der Waals surface area contributed by atoms with Crippen LogP contribution in [0, 0.1) is 11.8 Å². The summed E-state index contributed by atoms with van der Waals surface area (Å²) >= 11 is 4.52. The molecule has 3 aliphatic rings. The molecule has 0 spiro atoms. The zero-order valence-electron chi connectivity index (χ0n) is 19.8. The summed E-state index contributed by atoms with van der Waals surface area (Å²) in [7, 11) is 6.73. The number of phenols is 1. The second-order valence-corrected chi connectivity index (χ2v) is 10.1. The lowest BCUT2D eigenvalue weighted by Gasteiger charge is -2.51. The van der Waals surface area contributed by atoms with Gasteiger partial charge in [0.1, 0.15) is 22.8 Å². The van der Waals surface area contributed by atoms with Gasteiger partial charge in [-0.1, -0.05) is 0 Å². The third-order valence-corrected chi connectivity index (χ3v) is 7.92. The van der Waals surface area contributed by atoms with Crippen molar-refractivity contribution in [3.8, 4) is 5.75 Å². The number of benzene rings is 1. The number of carbonyl (C=O) groups excluding carboxylic acids is 3. The van der Waals surface area contributed by atoms with Gasteiger partial charge in [-0.05, 0) is 49.9 Å². The molecule has 1 fully saturated rings. The maximum Gasteiger partial charge on any atom is 0.255 e. The number of ketones is 2. The van der Waals surface area contributed by atoms with Crippen LogP contribution in [0.5, 0.6) is 5.75 Å². The molecule has 0 unspecified atom stereocenters. The number of anilines is 1. The van der Waals surface area contributed by atoms with E-state index in [2.05, 4.69) is 12.6 Å². The number of phenolic OH excluding ortho intramolecular Hbond substituents is 1. The Morgan fingerprint density at radius 1 is 1.17 bits per heavy atom. The Balaban J connectivity index is 2.06. The number of carbonyl (C=O) groups is 3. The summed E-state index contributed by atoms with van der Waals surface area (Å²) < 4.78 is 0. The molecule has 11 heteroatoms. The van der Waals surface area contributed by atoms with Crippen molar-refractivity contribution in [1.82, 2.24) is 4.90 Å². The smallest absolute Gasteiger partial charge is 0.255 e. The third kappa shape index (κ3) is 3.21. The van der Waals surface area contributed by atoms with Crippen LogP contribution in [0.25, 0.3) is 5.76 Å². The summed E-state index contributed by atoms with van der Waals surface area (Å²) in [5.41, 5.74) is 2.99. The van der Waals surface area contributed by atoms with E-state index >= 15 is 0 Å². The van der Waals surface area contributed by atoms with Crippen molar-refractivity contribution < 1.29 is 34.8 Å². The van der Waals surface area contributed by atoms with Crippen LogP contribution in [0.1, 0.15) is 23.5 Å². The third-order valence-electron chi connectivity index (χ3n) is 7.53. The fraction of sp³-hybridized carbons (Fsp3) is 0.458. The van der Waals surface area contributed by atoms with Gasteiger partial charge in [-0.3, -0.25) is 19.3 Å². The second-order valence-electron chi connectivity index (χ2n) is 9.74. The number of hydrogen-bond acceptors (Lipinski definition) is 10. The van der Waals surface area contributed by atoms with E-state index < -0.39 is 64.0 Å². The zero-order valence-corrected chi connectivity index (χ0v) is 20.7. The van der Waals surface area contributed by atoms with Gasteiger partial charge in [-0.2, -0.15) is 12.6 Å². The number of rotatable bonds is 4. The van der Waals surface area contributed by atoms with Crippen molar-refractivity contribution in [2.75, 3.05) is 38.8 Å². The topological polar surface area (TPSA) is 165 Å². The molecule has 10 nitrogen and oxygen atoms in total. The molecular weight excluding hydrogens is 474 g/mol. The van der Waals surface area contributed by atoms with Crippen molar-refractivity contribution in [2.45, 2.75) is 24.0 Å². The van der Waals surface area contributed by atoms with E-state index in [1.54, 1.807) is 34.3 Å². The van der Waals surface area contributed by atoms with Crippen molar-refractivity contribution in [2.24, 2.45) is 17.6 Å². The number of primary amides is 1. The molecule has 0 aromatic heterocycles. The number of Topliss-reactive ketones (excluding diaryl/α,β-unsaturated/α-hetero) is 2. The van der Waals surface area contributed by atoms with Gasteiger partial charge in [-0.15, -0.1) is 0 Å². The van der Waals surface area contributed by atoms with Crippen LogP contribution >= 0.6 is 12.6 Å². The van der Waals surface area contributed by atoms with Crippen LogP contribution < -0.4 is 10.6 Å². The monoisotopic (exact) mass is 503 g/mol. The molecule has 1 aromatic rings. The molecule has 0 heterocycles. The summed E-state index contributed by atoms with van der Waals surface area (Å²) in [6.45, 7) is 0. The minimum Gasteiger partial charge on any atom is -0.508 e. The Bertz CT molecular complexity index is 1220. The predicted octanol–water partition coefficient (Wildman–Crippen LogP) is 0.501. The zero-order chi connectivity index (χ0) is 26.1. The maximum atomic E-state index is 13.9. The van der Waals surface area contributed by atoms with Crippen LogP contribution in [-0.4, -0.2) is 88.4 Å². The Morgan fingerprint density at radius 3 is 2.31 bits per heavy atom. The van der Waals surface area contributed by atoms with Gasteiger partial charge in [0.05, 0.1) is 11.6 Å².